The number of hydrogen-bond donors (Lipinski definition) is 0. The zero-order valence-electron chi connectivity index (χ0n) is 24.6. The predicted molar refractivity (Wildman–Crippen MR) is 163 cm³/mol. The molecule has 2 aliphatic carbocycles. The third kappa shape index (κ3) is 9.10. The first-order chi connectivity index (χ1) is 18.6. The smallest absolute Gasteiger partial charge is 0.132 e. The van der Waals surface area contributed by atoms with Crippen molar-refractivity contribution in [2.75, 3.05) is 0 Å². The van der Waals surface area contributed by atoms with Crippen LogP contribution in [0.1, 0.15) is 151 Å². The molecule has 0 bridgehead atoms. The molecule has 0 saturated heterocycles. The third-order valence-corrected chi connectivity index (χ3v) is 9.81. The summed E-state index contributed by atoms with van der Waals surface area (Å²) in [5, 5.41) is 0. The molecule has 2 aromatic rings. The van der Waals surface area contributed by atoms with E-state index in [1.165, 1.54) is 101 Å². The van der Waals surface area contributed by atoms with Gasteiger partial charge in [0.05, 0.1) is 0 Å². The number of rotatable bonds is 14. The zero-order chi connectivity index (χ0) is 26.6. The fourth-order valence-electron chi connectivity index (χ4n) is 7.36. The molecule has 0 N–H and O–H groups in total. The van der Waals surface area contributed by atoms with Crippen LogP contribution in [0.15, 0.2) is 48.5 Å². The number of carbonyl (C=O) groups is 1. The average molecular weight is 515 g/mol. The highest BCUT2D eigenvalue weighted by molar-refractivity contribution is 5.78. The Morgan fingerprint density at radius 1 is 0.579 bits per heavy atom. The molecule has 2 aromatic carbocycles. The number of ketones is 1. The normalized spacial score (nSPS) is 23.8. The third-order valence-electron chi connectivity index (χ3n) is 9.81. The Bertz CT molecular complexity index is 846. The maximum absolute atomic E-state index is 12.5. The molecule has 1 heteroatoms. The number of hydrogen-bond acceptors (Lipinski definition) is 1. The van der Waals surface area contributed by atoms with E-state index in [1.54, 1.807) is 11.1 Å². The van der Waals surface area contributed by atoms with Crippen LogP contribution < -0.4 is 0 Å². The van der Waals surface area contributed by atoms with E-state index >= 15 is 0 Å². The van der Waals surface area contributed by atoms with Crippen LogP contribution in [-0.2, 0) is 17.6 Å². The number of Topliss-reactive ketones (excluding diaryl/α,β-unsaturated/α-hetero) is 1. The Morgan fingerprint density at radius 3 is 1.29 bits per heavy atom. The molecule has 0 radical (unpaired) electrons. The Balaban J connectivity index is 1.04. The van der Waals surface area contributed by atoms with Gasteiger partial charge in [0, 0.05) is 12.8 Å². The van der Waals surface area contributed by atoms with E-state index in [0.717, 1.165) is 49.4 Å². The minimum atomic E-state index is 0.520. The lowest BCUT2D eigenvalue weighted by Gasteiger charge is -2.29. The molecule has 2 aliphatic rings. The fourth-order valence-corrected chi connectivity index (χ4v) is 7.36. The first-order valence-corrected chi connectivity index (χ1v) is 16.3. The number of benzene rings is 2. The largest absolute Gasteiger partial charge is 0.300 e. The van der Waals surface area contributed by atoms with Crippen LogP contribution in [0.4, 0.5) is 0 Å². The molecule has 208 valence electrons. The quantitative estimate of drug-likeness (QED) is 0.245. The van der Waals surface area contributed by atoms with Gasteiger partial charge in [-0.15, -0.1) is 0 Å². The second kappa shape index (κ2) is 15.6. The first-order valence-electron chi connectivity index (χ1n) is 16.3. The van der Waals surface area contributed by atoms with Gasteiger partial charge < -0.3 is 0 Å². The van der Waals surface area contributed by atoms with Crippen molar-refractivity contribution in [3.63, 3.8) is 0 Å². The molecule has 1 nitrogen and oxygen atoms in total. The van der Waals surface area contributed by atoms with Crippen molar-refractivity contribution < 1.29 is 4.79 Å². The van der Waals surface area contributed by atoms with E-state index in [-0.39, 0.29) is 0 Å². The van der Waals surface area contributed by atoms with Gasteiger partial charge in [-0.2, -0.15) is 0 Å². The summed E-state index contributed by atoms with van der Waals surface area (Å²) in [4.78, 5) is 12.5. The molecule has 0 unspecified atom stereocenters. The maximum Gasteiger partial charge on any atom is 0.132 e. The van der Waals surface area contributed by atoms with Crippen LogP contribution in [0.5, 0.6) is 0 Å². The highest BCUT2D eigenvalue weighted by Gasteiger charge is 2.24. The lowest BCUT2D eigenvalue weighted by Crippen LogP contribution is -2.14. The van der Waals surface area contributed by atoms with Crippen LogP contribution in [0.25, 0.3) is 0 Å². The van der Waals surface area contributed by atoms with Gasteiger partial charge in [-0.05, 0) is 123 Å². The summed E-state index contributed by atoms with van der Waals surface area (Å²) >= 11 is 0. The standard InChI is InChI=1S/C37H54O/c1-3-7-29-13-21-33(22-14-29)35-25-17-31(18-26-35)9-5-11-37(38)12-6-10-32-19-27-36(28-20-32)34-23-15-30(8-4-2)16-24-34/h13-16,21-24,31-32,35-36H,3-12,17-20,25-28H2,1-2H3. The molecule has 0 heterocycles. The van der Waals surface area contributed by atoms with Crippen molar-refractivity contribution in [1.82, 2.24) is 0 Å². The molecule has 2 saturated carbocycles. The van der Waals surface area contributed by atoms with Gasteiger partial charge in [0.2, 0.25) is 0 Å². The molecule has 0 aromatic heterocycles. The Hall–Kier alpha value is -1.89. The van der Waals surface area contributed by atoms with Gasteiger partial charge in [-0.1, -0.05) is 88.1 Å². The predicted octanol–water partition coefficient (Wildman–Crippen LogP) is 10.7. The number of aryl methyl sites for hydroxylation is 2. The second-order valence-electron chi connectivity index (χ2n) is 12.7. The Kier molecular flexibility index (Phi) is 12.0. The van der Waals surface area contributed by atoms with E-state index < -0.39 is 0 Å². The van der Waals surface area contributed by atoms with Crippen LogP contribution in [-0.4, -0.2) is 5.78 Å². The summed E-state index contributed by atoms with van der Waals surface area (Å²) < 4.78 is 0. The Labute approximate surface area is 234 Å². The minimum Gasteiger partial charge on any atom is -0.300 e. The second-order valence-corrected chi connectivity index (χ2v) is 12.7. The van der Waals surface area contributed by atoms with Crippen molar-refractivity contribution in [2.24, 2.45) is 11.8 Å². The Morgan fingerprint density at radius 2 is 0.947 bits per heavy atom. The van der Waals surface area contributed by atoms with E-state index in [2.05, 4.69) is 62.4 Å². The summed E-state index contributed by atoms with van der Waals surface area (Å²) in [5.74, 6) is 3.72. The van der Waals surface area contributed by atoms with E-state index in [0.29, 0.717) is 5.78 Å². The summed E-state index contributed by atoms with van der Waals surface area (Å²) in [6.45, 7) is 4.51. The minimum absolute atomic E-state index is 0.520. The van der Waals surface area contributed by atoms with Gasteiger partial charge in [-0.25, -0.2) is 0 Å². The van der Waals surface area contributed by atoms with Gasteiger partial charge in [-0.3, -0.25) is 4.79 Å². The topological polar surface area (TPSA) is 17.1 Å². The SMILES string of the molecule is CCCc1ccc(C2CCC(CCCC(=O)CCCC3CCC(c4ccc(CCC)cc4)CC3)CC2)cc1. The average Bonchev–Trinajstić information content (AvgIpc) is 2.95. The maximum atomic E-state index is 12.5. The van der Waals surface area contributed by atoms with Crippen LogP contribution in [0, 0.1) is 11.8 Å². The first kappa shape index (κ1) is 29.1. The monoisotopic (exact) mass is 514 g/mol. The van der Waals surface area contributed by atoms with Crippen LogP contribution >= 0.6 is 0 Å². The van der Waals surface area contributed by atoms with Gasteiger partial charge in [0.15, 0.2) is 0 Å². The molecule has 0 spiro atoms. The van der Waals surface area contributed by atoms with Crippen molar-refractivity contribution in [3.8, 4) is 0 Å². The molecular formula is C37H54O. The molecule has 0 amide bonds. The summed E-state index contributed by atoms with van der Waals surface area (Å²) in [6.07, 6.45) is 21.9. The van der Waals surface area contributed by atoms with E-state index in [1.807, 2.05) is 0 Å². The van der Waals surface area contributed by atoms with Crippen LogP contribution in [0.3, 0.4) is 0 Å². The zero-order valence-corrected chi connectivity index (χ0v) is 24.6. The summed E-state index contributed by atoms with van der Waals surface area (Å²) in [6, 6.07) is 18.9. The van der Waals surface area contributed by atoms with Crippen molar-refractivity contribution >= 4 is 5.78 Å². The van der Waals surface area contributed by atoms with Crippen molar-refractivity contribution in [3.05, 3.63) is 70.8 Å². The fraction of sp³-hybridized carbons (Fsp3) is 0.649. The van der Waals surface area contributed by atoms with Crippen molar-refractivity contribution in [1.29, 1.82) is 0 Å². The highest BCUT2D eigenvalue weighted by atomic mass is 16.1. The molecule has 0 aliphatic heterocycles. The lowest BCUT2D eigenvalue weighted by atomic mass is 9.76. The number of carbonyl (C=O) groups excluding carboxylic acids is 1. The molecule has 38 heavy (non-hydrogen) atoms. The van der Waals surface area contributed by atoms with Crippen molar-refractivity contribution in [2.45, 2.75) is 141 Å². The molecule has 2 fully saturated rings. The summed E-state index contributed by atoms with van der Waals surface area (Å²) in [5.41, 5.74) is 6.05. The van der Waals surface area contributed by atoms with Gasteiger partial charge in [0.25, 0.3) is 0 Å². The van der Waals surface area contributed by atoms with Gasteiger partial charge in [0.1, 0.15) is 5.78 Å². The van der Waals surface area contributed by atoms with Crippen LogP contribution in [0.2, 0.25) is 0 Å². The molecular weight excluding hydrogens is 460 g/mol. The molecule has 0 atom stereocenters. The summed E-state index contributed by atoms with van der Waals surface area (Å²) in [7, 11) is 0. The van der Waals surface area contributed by atoms with E-state index in [4.69, 9.17) is 0 Å². The van der Waals surface area contributed by atoms with E-state index in [9.17, 15) is 4.79 Å². The molecule has 4 rings (SSSR count). The lowest BCUT2D eigenvalue weighted by molar-refractivity contribution is -0.119. The highest BCUT2D eigenvalue weighted by Crippen LogP contribution is 2.39. The van der Waals surface area contributed by atoms with Gasteiger partial charge >= 0.3 is 0 Å².